The Kier molecular flexibility index (Phi) is 4.23. The lowest BCUT2D eigenvalue weighted by Crippen LogP contribution is -2.50. The molecule has 1 aromatic carbocycles. The molecule has 0 bridgehead atoms. The van der Waals surface area contributed by atoms with Crippen LogP contribution in [0.3, 0.4) is 0 Å². The Morgan fingerprint density at radius 2 is 1.96 bits per heavy atom. The van der Waals surface area contributed by atoms with Gasteiger partial charge in [0.05, 0.1) is 22.7 Å². The summed E-state index contributed by atoms with van der Waals surface area (Å²) >= 11 is 0. The highest BCUT2D eigenvalue weighted by molar-refractivity contribution is 5.87. The van der Waals surface area contributed by atoms with Crippen LogP contribution < -0.4 is 27.7 Å². The van der Waals surface area contributed by atoms with Crippen LogP contribution >= 0.6 is 0 Å². The van der Waals surface area contributed by atoms with E-state index in [1.165, 1.54) is 10.6 Å². The van der Waals surface area contributed by atoms with Gasteiger partial charge in [-0.1, -0.05) is 0 Å². The molecule has 1 aliphatic heterocycles. The fourth-order valence-corrected chi connectivity index (χ4v) is 4.16. The van der Waals surface area contributed by atoms with Crippen LogP contribution in [0.4, 0.5) is 10.1 Å². The summed E-state index contributed by atoms with van der Waals surface area (Å²) in [7, 11) is 1.61. The van der Waals surface area contributed by atoms with Crippen LogP contribution in [-0.4, -0.2) is 41.6 Å². The summed E-state index contributed by atoms with van der Waals surface area (Å²) in [6, 6.07) is 1.02. The average Bonchev–Trinajstić information content (AvgIpc) is 3.45. The molecule has 0 unspecified atom stereocenters. The Hall–Kier alpha value is -2.39. The van der Waals surface area contributed by atoms with Crippen LogP contribution in [0.2, 0.25) is 0 Å². The lowest BCUT2D eigenvalue weighted by Gasteiger charge is -2.38. The summed E-state index contributed by atoms with van der Waals surface area (Å²) in [6.07, 6.45) is 2.26. The first kappa shape index (κ1) is 18.0. The molecule has 2 fully saturated rings. The number of nitrogens with zero attached hydrogens (tertiary/aromatic N) is 3. The molecule has 2 aromatic rings. The number of hydrogen-bond donors (Lipinski definition) is 2. The van der Waals surface area contributed by atoms with Gasteiger partial charge in [0.15, 0.2) is 0 Å². The number of ether oxygens (including phenoxy) is 1. The number of aromatic nitrogens is 2. The zero-order chi connectivity index (χ0) is 19.5. The van der Waals surface area contributed by atoms with E-state index in [9.17, 15) is 9.59 Å². The Morgan fingerprint density at radius 3 is 2.59 bits per heavy atom. The van der Waals surface area contributed by atoms with Crippen LogP contribution in [0, 0.1) is 12.7 Å². The van der Waals surface area contributed by atoms with Crippen molar-refractivity contribution < 1.29 is 9.13 Å². The predicted octanol–water partition coefficient (Wildman–Crippen LogP) is 0.212. The van der Waals surface area contributed by atoms with Crippen LogP contribution in [0.1, 0.15) is 30.9 Å². The third kappa shape index (κ3) is 2.81. The van der Waals surface area contributed by atoms with Gasteiger partial charge >= 0.3 is 5.69 Å². The van der Waals surface area contributed by atoms with Gasteiger partial charge in [-0.15, -0.1) is 0 Å². The summed E-state index contributed by atoms with van der Waals surface area (Å²) in [5.41, 5.74) is 6.24. The topological polar surface area (TPSA) is 109 Å². The maximum absolute atomic E-state index is 15.1. The van der Waals surface area contributed by atoms with Crippen molar-refractivity contribution in [1.82, 2.24) is 9.24 Å². The minimum Gasteiger partial charge on any atom is -0.380 e. The molecule has 0 spiro atoms. The third-order valence-corrected chi connectivity index (χ3v) is 5.57. The number of aryl methyl sites for hydroxylation is 1. The van der Waals surface area contributed by atoms with Crippen LogP contribution in [0.25, 0.3) is 10.9 Å². The smallest absolute Gasteiger partial charge is 0.350 e. The Labute approximate surface area is 155 Å². The minimum absolute atomic E-state index is 0.0113. The van der Waals surface area contributed by atoms with Gasteiger partial charge in [0.2, 0.25) is 0 Å². The molecule has 27 heavy (non-hydrogen) atoms. The molecule has 0 amide bonds. The molecule has 2 heterocycles. The molecule has 2 aliphatic rings. The largest absolute Gasteiger partial charge is 0.380 e. The van der Waals surface area contributed by atoms with E-state index in [0.717, 1.165) is 12.8 Å². The third-order valence-electron chi connectivity index (χ3n) is 5.57. The highest BCUT2D eigenvalue weighted by atomic mass is 19.1. The highest BCUT2D eigenvalue weighted by Gasteiger charge is 2.32. The van der Waals surface area contributed by atoms with Crippen molar-refractivity contribution >= 4 is 16.6 Å². The van der Waals surface area contributed by atoms with Crippen molar-refractivity contribution in [2.24, 2.45) is 5.73 Å². The molecular weight excluding hydrogens is 353 g/mol. The molecule has 1 aliphatic carbocycles. The second-order valence-electron chi connectivity index (χ2n) is 7.55. The van der Waals surface area contributed by atoms with Crippen molar-refractivity contribution in [3.05, 3.63) is 38.3 Å². The molecule has 1 saturated carbocycles. The van der Waals surface area contributed by atoms with Gasteiger partial charge in [0.25, 0.3) is 5.56 Å². The van der Waals surface area contributed by atoms with Crippen molar-refractivity contribution in [3.63, 3.8) is 0 Å². The van der Waals surface area contributed by atoms with E-state index in [2.05, 4.69) is 0 Å². The van der Waals surface area contributed by atoms with E-state index in [-0.39, 0.29) is 23.6 Å². The number of rotatable bonds is 3. The van der Waals surface area contributed by atoms with E-state index in [0.29, 0.717) is 41.0 Å². The van der Waals surface area contributed by atoms with Gasteiger partial charge in [-0.25, -0.2) is 9.18 Å². The summed E-state index contributed by atoms with van der Waals surface area (Å²) in [5.74, 6) is 5.13. The Morgan fingerprint density at radius 1 is 1.26 bits per heavy atom. The van der Waals surface area contributed by atoms with Gasteiger partial charge < -0.3 is 21.2 Å². The second kappa shape index (κ2) is 6.35. The van der Waals surface area contributed by atoms with Gasteiger partial charge in [-0.2, -0.15) is 4.68 Å². The number of methoxy groups -OCH3 is 1. The van der Waals surface area contributed by atoms with E-state index in [1.807, 2.05) is 4.90 Å². The predicted molar refractivity (Wildman–Crippen MR) is 101 cm³/mol. The number of fused-ring (bicyclic) bond motifs is 1. The minimum atomic E-state index is -0.689. The van der Waals surface area contributed by atoms with Gasteiger partial charge in [-0.3, -0.25) is 9.36 Å². The monoisotopic (exact) mass is 377 g/mol. The molecule has 2 atom stereocenters. The van der Waals surface area contributed by atoms with Crippen LogP contribution in [0.5, 0.6) is 0 Å². The zero-order valence-electron chi connectivity index (χ0n) is 15.4. The summed E-state index contributed by atoms with van der Waals surface area (Å²) in [5, 5.41) is 0.118. The number of benzene rings is 1. The number of anilines is 1. The number of hydrogen-bond acceptors (Lipinski definition) is 6. The van der Waals surface area contributed by atoms with Gasteiger partial charge in [0, 0.05) is 37.8 Å². The maximum atomic E-state index is 15.1. The fourth-order valence-electron chi connectivity index (χ4n) is 4.16. The van der Waals surface area contributed by atoms with Crippen molar-refractivity contribution in [1.29, 1.82) is 0 Å². The van der Waals surface area contributed by atoms with Gasteiger partial charge in [-0.05, 0) is 32.3 Å². The first-order chi connectivity index (χ1) is 12.8. The maximum Gasteiger partial charge on any atom is 0.350 e. The summed E-state index contributed by atoms with van der Waals surface area (Å²) in [4.78, 5) is 27.0. The standard InChI is InChI=1S/C18H24FN5O3/c1-9-15-13(17(25)24(21)18(26)23(15)11-3-4-11)6-14(19)16(9)22-7-10(20)5-12(8-22)27-2/h6,10-12H,3-5,7-8,20-21H2,1-2H3/t10-,12-/m0/s1. The van der Waals surface area contributed by atoms with E-state index in [4.69, 9.17) is 16.3 Å². The van der Waals surface area contributed by atoms with Crippen LogP contribution in [-0.2, 0) is 4.74 Å². The average molecular weight is 377 g/mol. The number of nitrogen functional groups attached to an aromatic ring is 1. The van der Waals surface area contributed by atoms with E-state index < -0.39 is 17.1 Å². The lowest BCUT2D eigenvalue weighted by molar-refractivity contribution is 0.0833. The van der Waals surface area contributed by atoms with Gasteiger partial charge in [0.1, 0.15) is 5.82 Å². The molecule has 1 saturated heterocycles. The molecule has 1 aromatic heterocycles. The highest BCUT2D eigenvalue weighted by Crippen LogP contribution is 2.38. The molecule has 4 rings (SSSR count). The first-order valence-corrected chi connectivity index (χ1v) is 9.12. The normalized spacial score (nSPS) is 23.2. The SMILES string of the molecule is CO[C@H]1C[C@H](N)CN(c2c(F)cc3c(=O)n(N)c(=O)n(C4CC4)c3c2C)C1. The Balaban J connectivity index is 1.98. The lowest BCUT2D eigenvalue weighted by atomic mass is 10.0. The molecule has 9 heteroatoms. The van der Waals surface area contributed by atoms with E-state index in [1.54, 1.807) is 14.0 Å². The first-order valence-electron chi connectivity index (χ1n) is 9.12. The molecule has 8 nitrogen and oxygen atoms in total. The molecular formula is C18H24FN5O3. The molecule has 0 radical (unpaired) electrons. The number of piperidine rings is 1. The zero-order valence-corrected chi connectivity index (χ0v) is 15.4. The van der Waals surface area contributed by atoms with E-state index >= 15 is 4.39 Å². The van der Waals surface area contributed by atoms with Crippen molar-refractivity contribution in [2.45, 2.75) is 44.4 Å². The second-order valence-corrected chi connectivity index (χ2v) is 7.55. The number of halogens is 1. The molecule has 4 N–H and O–H groups in total. The van der Waals surface area contributed by atoms with Crippen LogP contribution in [0.15, 0.2) is 15.7 Å². The van der Waals surface area contributed by atoms with Crippen molar-refractivity contribution in [3.8, 4) is 0 Å². The fraction of sp³-hybridized carbons (Fsp3) is 0.556. The molecule has 146 valence electrons. The quantitative estimate of drug-likeness (QED) is 0.741. The summed E-state index contributed by atoms with van der Waals surface area (Å²) < 4.78 is 22.6. The van der Waals surface area contributed by atoms with Crippen molar-refractivity contribution in [2.75, 3.05) is 30.9 Å². The Bertz CT molecular complexity index is 1030. The summed E-state index contributed by atoms with van der Waals surface area (Å²) in [6.45, 7) is 2.71. The number of nitrogens with two attached hydrogens (primary N) is 2.